The van der Waals surface area contributed by atoms with E-state index in [9.17, 15) is 23.4 Å². The number of rotatable bonds is 13. The van der Waals surface area contributed by atoms with E-state index in [1.807, 2.05) is 13.8 Å². The average molecular weight is 431 g/mol. The van der Waals surface area contributed by atoms with Crippen molar-refractivity contribution in [3.8, 4) is 0 Å². The summed E-state index contributed by atoms with van der Waals surface area (Å²) in [7, 11) is -1.50. The SMILES string of the molecule is CCCCOC(=O)CCS(=O)C=C(C)C1C(NC(=O)CCC)C(=O)N1CC(=O)O. The van der Waals surface area contributed by atoms with Crippen molar-refractivity contribution in [1.82, 2.24) is 10.2 Å². The van der Waals surface area contributed by atoms with E-state index < -0.39 is 47.3 Å². The Morgan fingerprint density at radius 1 is 1.24 bits per heavy atom. The van der Waals surface area contributed by atoms with Crippen LogP contribution in [0.4, 0.5) is 0 Å². The van der Waals surface area contributed by atoms with Crippen LogP contribution in [0.3, 0.4) is 0 Å². The third-order valence-corrected chi connectivity index (χ3v) is 5.59. The highest BCUT2D eigenvalue weighted by molar-refractivity contribution is 7.88. The number of esters is 1. The first-order chi connectivity index (χ1) is 13.7. The summed E-state index contributed by atoms with van der Waals surface area (Å²) >= 11 is 0. The summed E-state index contributed by atoms with van der Waals surface area (Å²) in [5, 5.41) is 13.0. The smallest absolute Gasteiger partial charge is 0.323 e. The zero-order chi connectivity index (χ0) is 22.0. The summed E-state index contributed by atoms with van der Waals surface area (Å²) in [6, 6.07) is -1.56. The Morgan fingerprint density at radius 2 is 1.93 bits per heavy atom. The van der Waals surface area contributed by atoms with Crippen LogP contribution in [-0.4, -0.2) is 69.0 Å². The van der Waals surface area contributed by atoms with E-state index in [0.29, 0.717) is 18.6 Å². The summed E-state index contributed by atoms with van der Waals surface area (Å²) in [5.74, 6) is -2.32. The number of carboxylic acid groups (broad SMARTS) is 1. The van der Waals surface area contributed by atoms with Gasteiger partial charge in [-0.1, -0.05) is 20.3 Å². The van der Waals surface area contributed by atoms with Crippen LogP contribution in [0.15, 0.2) is 11.0 Å². The molecule has 1 saturated heterocycles. The van der Waals surface area contributed by atoms with Crippen molar-refractivity contribution in [1.29, 1.82) is 0 Å². The number of nitrogens with zero attached hydrogens (tertiary/aromatic N) is 1. The fourth-order valence-electron chi connectivity index (χ4n) is 2.92. The van der Waals surface area contributed by atoms with Gasteiger partial charge in [0.1, 0.15) is 12.6 Å². The minimum atomic E-state index is -1.50. The highest BCUT2D eigenvalue weighted by atomic mass is 32.2. The summed E-state index contributed by atoms with van der Waals surface area (Å²) in [6.45, 7) is 5.27. The van der Waals surface area contributed by atoms with Crippen LogP contribution in [0, 0.1) is 0 Å². The van der Waals surface area contributed by atoms with E-state index in [1.54, 1.807) is 6.92 Å². The molecule has 0 aliphatic carbocycles. The number of amides is 2. The minimum absolute atomic E-state index is 0.000786. The number of carbonyl (C=O) groups excluding carboxylic acids is 3. The molecule has 10 heteroatoms. The van der Waals surface area contributed by atoms with Gasteiger partial charge in [-0.25, -0.2) is 0 Å². The van der Waals surface area contributed by atoms with Gasteiger partial charge in [-0.15, -0.1) is 0 Å². The van der Waals surface area contributed by atoms with E-state index in [2.05, 4.69) is 5.32 Å². The fourth-order valence-corrected chi connectivity index (χ4v) is 3.95. The Bertz CT molecular complexity index is 677. The van der Waals surface area contributed by atoms with Gasteiger partial charge in [0.15, 0.2) is 0 Å². The second-order valence-electron chi connectivity index (χ2n) is 6.87. The standard InChI is InChI=1S/C19H30N2O7S/c1-4-6-9-28-16(25)8-10-29(27)12-13(3)18-17(20-14(22)7-5-2)19(26)21(18)11-15(23)24/h12,17-18H,4-11H2,1-3H3,(H,20,22)(H,23,24). The maximum Gasteiger partial charge on any atom is 0.323 e. The first-order valence-corrected chi connectivity index (χ1v) is 11.1. The number of hydrogen-bond acceptors (Lipinski definition) is 6. The van der Waals surface area contributed by atoms with Crippen LogP contribution in [0.1, 0.15) is 52.9 Å². The largest absolute Gasteiger partial charge is 0.480 e. The third-order valence-electron chi connectivity index (χ3n) is 4.35. The molecule has 0 aromatic rings. The van der Waals surface area contributed by atoms with Gasteiger partial charge in [-0.3, -0.25) is 23.4 Å². The van der Waals surface area contributed by atoms with Gasteiger partial charge in [0.2, 0.25) is 11.8 Å². The molecular weight excluding hydrogens is 400 g/mol. The van der Waals surface area contributed by atoms with Crippen molar-refractivity contribution in [2.75, 3.05) is 18.9 Å². The molecule has 3 atom stereocenters. The lowest BCUT2D eigenvalue weighted by molar-refractivity contribution is -0.158. The monoisotopic (exact) mass is 430 g/mol. The maximum atomic E-state index is 12.3. The Kier molecular flexibility index (Phi) is 10.6. The number of carboxylic acids is 1. The number of likely N-dealkylation sites (tertiary alicyclic amines) is 1. The van der Waals surface area contributed by atoms with Gasteiger partial charge in [0.25, 0.3) is 0 Å². The minimum Gasteiger partial charge on any atom is -0.480 e. The van der Waals surface area contributed by atoms with Gasteiger partial charge >= 0.3 is 11.9 Å². The zero-order valence-corrected chi connectivity index (χ0v) is 18.0. The normalized spacial score (nSPS) is 20.0. The molecule has 1 aliphatic heterocycles. The number of unbranched alkanes of at least 4 members (excludes halogenated alkanes) is 1. The van der Waals surface area contributed by atoms with Crippen LogP contribution >= 0.6 is 0 Å². The third kappa shape index (κ3) is 7.96. The summed E-state index contributed by atoms with van der Waals surface area (Å²) < 4.78 is 17.3. The molecular formula is C19H30N2O7S. The van der Waals surface area contributed by atoms with E-state index in [-0.39, 0.29) is 24.5 Å². The lowest BCUT2D eigenvalue weighted by Crippen LogP contribution is -2.71. The van der Waals surface area contributed by atoms with Crippen LogP contribution < -0.4 is 5.32 Å². The second kappa shape index (κ2) is 12.4. The van der Waals surface area contributed by atoms with Gasteiger partial charge in [0.05, 0.1) is 19.1 Å². The number of aliphatic carboxylic acids is 1. The molecule has 1 rings (SSSR count). The maximum absolute atomic E-state index is 12.3. The first kappa shape index (κ1) is 24.8. The molecule has 29 heavy (non-hydrogen) atoms. The molecule has 1 heterocycles. The van der Waals surface area contributed by atoms with Gasteiger partial charge < -0.3 is 20.1 Å². The molecule has 164 valence electrons. The Morgan fingerprint density at radius 3 is 2.52 bits per heavy atom. The molecule has 1 aliphatic rings. The Balaban J connectivity index is 2.75. The number of ether oxygens (including phenoxy) is 1. The second-order valence-corrected chi connectivity index (χ2v) is 8.28. The molecule has 0 aromatic carbocycles. The molecule has 1 fully saturated rings. The van der Waals surface area contributed by atoms with Crippen molar-refractivity contribution < 1.29 is 33.2 Å². The zero-order valence-electron chi connectivity index (χ0n) is 17.1. The molecule has 2 N–H and O–H groups in total. The van der Waals surface area contributed by atoms with Crippen molar-refractivity contribution >= 4 is 34.6 Å². The highest BCUT2D eigenvalue weighted by Crippen LogP contribution is 2.27. The number of β-lactam (4-membered cyclic amide) rings is 1. The van der Waals surface area contributed by atoms with Crippen molar-refractivity contribution in [3.05, 3.63) is 11.0 Å². The molecule has 0 aromatic heterocycles. The summed E-state index contributed by atoms with van der Waals surface area (Å²) in [4.78, 5) is 47.9. The van der Waals surface area contributed by atoms with E-state index in [4.69, 9.17) is 9.84 Å². The van der Waals surface area contributed by atoms with Crippen molar-refractivity contribution in [3.63, 3.8) is 0 Å². The van der Waals surface area contributed by atoms with Crippen molar-refractivity contribution in [2.45, 2.75) is 65.0 Å². The van der Waals surface area contributed by atoms with Crippen molar-refractivity contribution in [2.24, 2.45) is 0 Å². The molecule has 0 bridgehead atoms. The molecule has 0 radical (unpaired) electrons. The number of hydrogen-bond donors (Lipinski definition) is 2. The molecule has 2 amide bonds. The van der Waals surface area contributed by atoms with Crippen LogP contribution in [0.2, 0.25) is 0 Å². The predicted octanol–water partition coefficient (Wildman–Crippen LogP) is 0.953. The van der Waals surface area contributed by atoms with Gasteiger partial charge in [0, 0.05) is 28.4 Å². The quantitative estimate of drug-likeness (QED) is 0.253. The molecule has 3 unspecified atom stereocenters. The lowest BCUT2D eigenvalue weighted by Gasteiger charge is -2.47. The lowest BCUT2D eigenvalue weighted by atomic mass is 9.89. The predicted molar refractivity (Wildman–Crippen MR) is 107 cm³/mol. The molecule has 0 spiro atoms. The first-order valence-electron chi connectivity index (χ1n) is 9.73. The fraction of sp³-hybridized carbons (Fsp3) is 0.684. The highest BCUT2D eigenvalue weighted by Gasteiger charge is 2.49. The average Bonchev–Trinajstić information content (AvgIpc) is 2.65. The molecule has 9 nitrogen and oxygen atoms in total. The topological polar surface area (TPSA) is 130 Å². The van der Waals surface area contributed by atoms with E-state index in [1.165, 1.54) is 5.41 Å². The molecule has 0 saturated carbocycles. The number of carbonyl (C=O) groups is 4. The Hall–Kier alpha value is -2.23. The van der Waals surface area contributed by atoms with Crippen LogP contribution in [0.25, 0.3) is 0 Å². The van der Waals surface area contributed by atoms with E-state index in [0.717, 1.165) is 17.7 Å². The van der Waals surface area contributed by atoms with Crippen LogP contribution in [0.5, 0.6) is 0 Å². The van der Waals surface area contributed by atoms with Gasteiger partial charge in [-0.2, -0.15) is 0 Å². The Labute approximate surface area is 173 Å². The summed E-state index contributed by atoms with van der Waals surface area (Å²) in [6.07, 6.45) is 2.55. The number of nitrogens with one attached hydrogen (secondary N) is 1. The van der Waals surface area contributed by atoms with E-state index >= 15 is 0 Å². The van der Waals surface area contributed by atoms with Crippen LogP contribution in [-0.2, 0) is 34.7 Å². The van der Waals surface area contributed by atoms with Gasteiger partial charge in [-0.05, 0) is 25.3 Å². The summed E-state index contributed by atoms with van der Waals surface area (Å²) in [5.41, 5.74) is 0.505.